The van der Waals surface area contributed by atoms with Crippen LogP contribution in [0.3, 0.4) is 0 Å². The Morgan fingerprint density at radius 2 is 1.94 bits per heavy atom. The maximum atomic E-state index is 13.6. The topological polar surface area (TPSA) is 79.1 Å². The Balaban J connectivity index is 1.71. The summed E-state index contributed by atoms with van der Waals surface area (Å²) in [5.41, 5.74) is 1.83. The first-order chi connectivity index (χ1) is 16.4. The Morgan fingerprint density at radius 3 is 2.65 bits per heavy atom. The fraction of sp³-hybridized carbons (Fsp3) is 0.208. The van der Waals surface area contributed by atoms with Crippen molar-refractivity contribution in [1.82, 2.24) is 4.57 Å². The summed E-state index contributed by atoms with van der Waals surface area (Å²) in [5.74, 6) is 0.598. The van der Waals surface area contributed by atoms with Crippen LogP contribution in [0.15, 0.2) is 57.5 Å². The van der Waals surface area contributed by atoms with Gasteiger partial charge < -0.3 is 14.2 Å². The lowest BCUT2D eigenvalue weighted by Crippen LogP contribution is -2.39. The molecule has 0 radical (unpaired) electrons. The van der Waals surface area contributed by atoms with Crippen molar-refractivity contribution >= 4 is 46.6 Å². The minimum atomic E-state index is -0.707. The van der Waals surface area contributed by atoms with Gasteiger partial charge in [-0.2, -0.15) is 0 Å². The van der Waals surface area contributed by atoms with Crippen molar-refractivity contribution in [2.24, 2.45) is 4.99 Å². The number of carbonyl (C=O) groups excluding carboxylic acids is 1. The van der Waals surface area contributed by atoms with Crippen molar-refractivity contribution < 1.29 is 19.0 Å². The molecule has 2 aliphatic heterocycles. The molecule has 3 heterocycles. The molecule has 0 fully saturated rings. The number of esters is 1. The first kappa shape index (κ1) is 22.7. The fourth-order valence-corrected chi connectivity index (χ4v) is 5.31. The number of halogens is 2. The minimum absolute atomic E-state index is 0.119. The molecule has 2 aromatic carbocycles. The van der Waals surface area contributed by atoms with E-state index in [9.17, 15) is 9.59 Å². The van der Waals surface area contributed by atoms with Crippen LogP contribution in [0.25, 0.3) is 6.08 Å². The van der Waals surface area contributed by atoms with E-state index in [1.165, 1.54) is 15.9 Å². The molecule has 34 heavy (non-hydrogen) atoms. The third kappa shape index (κ3) is 3.91. The standard InChI is InChI=1S/C24H18Cl2N2O5S/c1-3-31-23(30)20-12(2)27-24-28(21(20)13-4-6-15(25)7-5-13)22(29)19(34-24)9-14-8-17-18(10-16(14)26)33-11-32-17/h4-10,21H,3,11H2,1-2H3/b19-9+. The molecule has 3 aromatic rings. The number of allylic oxidation sites excluding steroid dienone is 1. The van der Waals surface area contributed by atoms with E-state index in [4.69, 9.17) is 37.4 Å². The molecule has 0 N–H and O–H groups in total. The van der Waals surface area contributed by atoms with E-state index in [0.717, 1.165) is 5.56 Å². The maximum Gasteiger partial charge on any atom is 0.338 e. The minimum Gasteiger partial charge on any atom is -0.463 e. The van der Waals surface area contributed by atoms with Crippen molar-refractivity contribution in [2.75, 3.05) is 13.4 Å². The Bertz CT molecular complexity index is 1520. The molecule has 0 bridgehead atoms. The summed E-state index contributed by atoms with van der Waals surface area (Å²) in [4.78, 5) is 31.6. The average molecular weight is 517 g/mol. The van der Waals surface area contributed by atoms with Crippen LogP contribution >= 0.6 is 34.5 Å². The molecule has 0 amide bonds. The quantitative estimate of drug-likeness (QED) is 0.492. The molecule has 0 saturated carbocycles. The summed E-state index contributed by atoms with van der Waals surface area (Å²) in [6, 6.07) is 9.70. The van der Waals surface area contributed by atoms with Gasteiger partial charge in [0, 0.05) is 11.1 Å². The molecule has 174 valence electrons. The average Bonchev–Trinajstić information content (AvgIpc) is 3.37. The van der Waals surface area contributed by atoms with E-state index in [1.807, 2.05) is 0 Å². The molecule has 1 aromatic heterocycles. The first-order valence-corrected chi connectivity index (χ1v) is 12.0. The first-order valence-electron chi connectivity index (χ1n) is 10.4. The van der Waals surface area contributed by atoms with Gasteiger partial charge in [0.15, 0.2) is 16.3 Å². The summed E-state index contributed by atoms with van der Waals surface area (Å²) in [5, 5.41) is 0.972. The van der Waals surface area contributed by atoms with Gasteiger partial charge in [-0.05, 0) is 49.2 Å². The van der Waals surface area contributed by atoms with Crippen molar-refractivity contribution in [3.63, 3.8) is 0 Å². The van der Waals surface area contributed by atoms with E-state index in [2.05, 4.69) is 4.99 Å². The van der Waals surface area contributed by atoms with E-state index >= 15 is 0 Å². The van der Waals surface area contributed by atoms with Gasteiger partial charge >= 0.3 is 5.97 Å². The van der Waals surface area contributed by atoms with Crippen molar-refractivity contribution in [3.05, 3.63) is 88.5 Å². The second kappa shape index (κ2) is 8.94. The zero-order valence-corrected chi connectivity index (χ0v) is 20.5. The number of ether oxygens (including phenoxy) is 3. The molecule has 2 aliphatic rings. The zero-order chi connectivity index (χ0) is 24.0. The van der Waals surface area contributed by atoms with Gasteiger partial charge in [0.25, 0.3) is 5.56 Å². The Hall–Kier alpha value is -3.07. The van der Waals surface area contributed by atoms with E-state index in [-0.39, 0.29) is 19.0 Å². The molecule has 10 heteroatoms. The summed E-state index contributed by atoms with van der Waals surface area (Å²) in [6.45, 7) is 3.79. The lowest BCUT2D eigenvalue weighted by Gasteiger charge is -2.24. The van der Waals surface area contributed by atoms with E-state index < -0.39 is 12.0 Å². The molecule has 1 atom stereocenters. The predicted octanol–water partition coefficient (Wildman–Crippen LogP) is 3.83. The van der Waals surface area contributed by atoms with Gasteiger partial charge in [0.05, 0.1) is 33.5 Å². The molecule has 5 rings (SSSR count). The Labute approximate surface area is 208 Å². The second-order valence-electron chi connectivity index (χ2n) is 7.58. The summed E-state index contributed by atoms with van der Waals surface area (Å²) >= 11 is 13.7. The highest BCUT2D eigenvalue weighted by molar-refractivity contribution is 7.07. The van der Waals surface area contributed by atoms with Gasteiger partial charge in [-0.3, -0.25) is 9.36 Å². The highest BCUT2D eigenvalue weighted by Crippen LogP contribution is 2.37. The molecule has 0 spiro atoms. The number of fused-ring (bicyclic) bond motifs is 2. The number of benzene rings is 2. The third-order valence-electron chi connectivity index (χ3n) is 5.48. The number of hydrogen-bond donors (Lipinski definition) is 0. The second-order valence-corrected chi connectivity index (χ2v) is 9.43. The smallest absolute Gasteiger partial charge is 0.338 e. The monoisotopic (exact) mass is 516 g/mol. The zero-order valence-electron chi connectivity index (χ0n) is 18.1. The molecule has 0 aliphatic carbocycles. The number of rotatable bonds is 4. The van der Waals surface area contributed by atoms with Crippen LogP contribution in [0.4, 0.5) is 0 Å². The van der Waals surface area contributed by atoms with Gasteiger partial charge in [0.2, 0.25) is 6.79 Å². The highest BCUT2D eigenvalue weighted by atomic mass is 35.5. The molecular weight excluding hydrogens is 499 g/mol. The van der Waals surface area contributed by atoms with Crippen molar-refractivity contribution in [1.29, 1.82) is 0 Å². The summed E-state index contributed by atoms with van der Waals surface area (Å²) in [6.07, 6.45) is 1.69. The summed E-state index contributed by atoms with van der Waals surface area (Å²) in [7, 11) is 0. The van der Waals surface area contributed by atoms with Crippen LogP contribution in [0.1, 0.15) is 31.0 Å². The van der Waals surface area contributed by atoms with E-state index in [1.54, 1.807) is 56.3 Å². The number of hydrogen-bond acceptors (Lipinski definition) is 7. The normalized spacial score (nSPS) is 16.9. The third-order valence-corrected chi connectivity index (χ3v) is 7.04. The largest absolute Gasteiger partial charge is 0.463 e. The van der Waals surface area contributed by atoms with Gasteiger partial charge in [0.1, 0.15) is 0 Å². The van der Waals surface area contributed by atoms with Gasteiger partial charge in [-0.25, -0.2) is 9.79 Å². The number of carbonyl (C=O) groups is 1. The SMILES string of the molecule is CCOC(=O)C1=C(C)N=c2s/c(=C/c3cc4c(cc3Cl)OCO4)c(=O)n2C1c1ccc(Cl)cc1. The molecular formula is C24H18Cl2N2O5S. The highest BCUT2D eigenvalue weighted by Gasteiger charge is 2.33. The Kier molecular flexibility index (Phi) is 5.97. The van der Waals surface area contributed by atoms with Crippen LogP contribution in [0.5, 0.6) is 11.5 Å². The van der Waals surface area contributed by atoms with Crippen molar-refractivity contribution in [3.8, 4) is 11.5 Å². The van der Waals surface area contributed by atoms with Crippen LogP contribution in [-0.2, 0) is 9.53 Å². The summed E-state index contributed by atoms with van der Waals surface area (Å²) < 4.78 is 18.0. The number of thiazole rings is 1. The van der Waals surface area contributed by atoms with Crippen LogP contribution in [-0.4, -0.2) is 23.9 Å². The van der Waals surface area contributed by atoms with Crippen LogP contribution in [0.2, 0.25) is 10.0 Å². The molecule has 7 nitrogen and oxygen atoms in total. The number of aromatic nitrogens is 1. The number of nitrogens with zero attached hydrogens (tertiary/aromatic N) is 2. The lowest BCUT2D eigenvalue weighted by atomic mass is 9.96. The fourth-order valence-electron chi connectivity index (χ4n) is 3.94. The lowest BCUT2D eigenvalue weighted by molar-refractivity contribution is -0.139. The Morgan fingerprint density at radius 1 is 1.24 bits per heavy atom. The van der Waals surface area contributed by atoms with Crippen LogP contribution in [0, 0.1) is 0 Å². The van der Waals surface area contributed by atoms with Crippen molar-refractivity contribution in [2.45, 2.75) is 19.9 Å². The van der Waals surface area contributed by atoms with Gasteiger partial charge in [-0.1, -0.05) is 46.7 Å². The van der Waals surface area contributed by atoms with E-state index in [0.29, 0.717) is 47.7 Å². The predicted molar refractivity (Wildman–Crippen MR) is 129 cm³/mol. The van der Waals surface area contributed by atoms with Crippen LogP contribution < -0.4 is 24.4 Å². The molecule has 0 saturated heterocycles. The maximum absolute atomic E-state index is 13.6. The van der Waals surface area contributed by atoms with Gasteiger partial charge in [-0.15, -0.1) is 0 Å². The molecule has 1 unspecified atom stereocenters.